The van der Waals surface area contributed by atoms with Crippen molar-refractivity contribution in [3.63, 3.8) is 0 Å². The Balaban J connectivity index is 2.42. The van der Waals surface area contributed by atoms with E-state index in [-0.39, 0.29) is 5.82 Å². The fourth-order valence-electron chi connectivity index (χ4n) is 2.03. The molecule has 1 aliphatic rings. The van der Waals surface area contributed by atoms with Crippen molar-refractivity contribution in [1.29, 1.82) is 0 Å². The van der Waals surface area contributed by atoms with Crippen LogP contribution in [0.1, 0.15) is 66.0 Å². The van der Waals surface area contributed by atoms with Gasteiger partial charge in [0, 0.05) is 5.92 Å². The van der Waals surface area contributed by atoms with Crippen LogP contribution >= 0.6 is 15.9 Å². The number of amides is 2. The molecule has 0 atom stereocenters. The third kappa shape index (κ3) is 5.39. The number of rotatable bonds is 2. The zero-order valence-corrected chi connectivity index (χ0v) is 17.0. The van der Waals surface area contributed by atoms with Gasteiger partial charge < -0.3 is 9.47 Å². The van der Waals surface area contributed by atoms with E-state index in [9.17, 15) is 9.59 Å². The van der Waals surface area contributed by atoms with Gasteiger partial charge in [0.05, 0.1) is 10.2 Å². The molecule has 2 amide bonds. The van der Waals surface area contributed by atoms with Gasteiger partial charge >= 0.3 is 12.2 Å². The first-order valence-corrected chi connectivity index (χ1v) is 8.95. The predicted molar refractivity (Wildman–Crippen MR) is 96.7 cm³/mol. The summed E-state index contributed by atoms with van der Waals surface area (Å²) in [5.41, 5.74) is -0.756. The van der Waals surface area contributed by atoms with Gasteiger partial charge in [-0.2, -0.15) is 4.90 Å². The number of hydrogen-bond donors (Lipinski definition) is 0. The summed E-state index contributed by atoms with van der Waals surface area (Å²) >= 11 is 3.44. The number of carbonyl (C=O) groups is 2. The van der Waals surface area contributed by atoms with Crippen LogP contribution in [0.15, 0.2) is 10.8 Å². The first kappa shape index (κ1) is 19.6. The van der Waals surface area contributed by atoms with E-state index in [4.69, 9.17) is 9.47 Å². The molecule has 138 valence electrons. The highest BCUT2D eigenvalue weighted by Crippen LogP contribution is 2.44. The van der Waals surface area contributed by atoms with Crippen LogP contribution in [0.3, 0.4) is 0 Å². The molecule has 8 heteroatoms. The molecule has 1 fully saturated rings. The van der Waals surface area contributed by atoms with E-state index in [0.717, 1.165) is 23.4 Å². The van der Waals surface area contributed by atoms with Crippen LogP contribution in [-0.2, 0) is 9.47 Å². The third-order valence-corrected chi connectivity index (χ3v) is 3.89. The number of carbonyl (C=O) groups excluding carboxylic acids is 2. The van der Waals surface area contributed by atoms with Crippen molar-refractivity contribution >= 4 is 33.9 Å². The first-order chi connectivity index (χ1) is 11.4. The summed E-state index contributed by atoms with van der Waals surface area (Å²) in [6.07, 6.45) is 1.70. The molecule has 25 heavy (non-hydrogen) atoms. The number of anilines is 1. The Morgan fingerprint density at radius 2 is 1.52 bits per heavy atom. The van der Waals surface area contributed by atoms with Crippen molar-refractivity contribution in [2.75, 3.05) is 4.90 Å². The highest BCUT2D eigenvalue weighted by molar-refractivity contribution is 9.10. The molecule has 0 aromatic carbocycles. The van der Waals surface area contributed by atoms with Crippen LogP contribution in [-0.4, -0.2) is 33.4 Å². The van der Waals surface area contributed by atoms with Crippen molar-refractivity contribution in [1.82, 2.24) is 9.97 Å². The Labute approximate surface area is 156 Å². The van der Waals surface area contributed by atoms with Crippen LogP contribution in [0.5, 0.6) is 0 Å². The molecule has 0 aliphatic heterocycles. The first-order valence-electron chi connectivity index (χ1n) is 8.15. The highest BCUT2D eigenvalue weighted by Gasteiger charge is 2.37. The van der Waals surface area contributed by atoms with Gasteiger partial charge in [-0.15, -0.1) is 0 Å². The summed E-state index contributed by atoms with van der Waals surface area (Å²) in [5.74, 6) is 0.440. The molecule has 0 unspecified atom stereocenters. The summed E-state index contributed by atoms with van der Waals surface area (Å²) in [6, 6.07) is 0. The van der Waals surface area contributed by atoms with Gasteiger partial charge in [0.25, 0.3) is 0 Å². The Morgan fingerprint density at radius 1 is 1.04 bits per heavy atom. The largest absolute Gasteiger partial charge is 0.443 e. The average molecular weight is 414 g/mol. The lowest BCUT2D eigenvalue weighted by Gasteiger charge is -2.28. The van der Waals surface area contributed by atoms with Crippen molar-refractivity contribution in [3.05, 3.63) is 16.5 Å². The van der Waals surface area contributed by atoms with Crippen LogP contribution in [0.4, 0.5) is 15.4 Å². The Kier molecular flexibility index (Phi) is 5.41. The molecule has 1 saturated carbocycles. The van der Waals surface area contributed by atoms with Gasteiger partial charge in [-0.3, -0.25) is 0 Å². The van der Waals surface area contributed by atoms with E-state index in [1.54, 1.807) is 41.5 Å². The number of hydrogen-bond acceptors (Lipinski definition) is 6. The van der Waals surface area contributed by atoms with Crippen LogP contribution in [0, 0.1) is 0 Å². The smallest absolute Gasteiger partial charge is 0.425 e. The second kappa shape index (κ2) is 6.90. The maximum absolute atomic E-state index is 12.7. The predicted octanol–water partition coefficient (Wildman–Crippen LogP) is 4.79. The van der Waals surface area contributed by atoms with Gasteiger partial charge in [0.15, 0.2) is 5.82 Å². The van der Waals surface area contributed by atoms with E-state index in [2.05, 4.69) is 25.9 Å². The highest BCUT2D eigenvalue weighted by atomic mass is 79.9. The molecular formula is C17H24BrN3O4. The molecule has 0 spiro atoms. The molecular weight excluding hydrogens is 390 g/mol. The monoisotopic (exact) mass is 413 g/mol. The fraction of sp³-hybridized carbons (Fsp3) is 0.647. The lowest BCUT2D eigenvalue weighted by atomic mass is 10.2. The molecule has 1 aliphatic carbocycles. The van der Waals surface area contributed by atoms with Gasteiger partial charge in [0.2, 0.25) is 0 Å². The second-order valence-electron chi connectivity index (χ2n) is 7.97. The SMILES string of the molecule is CC(C)(C)OC(=O)N(C(=O)OC(C)(C)C)c1ncnc(C2CC2)c1Br. The number of ether oxygens (including phenoxy) is 2. The van der Waals surface area contributed by atoms with E-state index >= 15 is 0 Å². The standard InChI is InChI=1S/C17H24BrN3O4/c1-16(2,3)24-14(22)21(15(23)25-17(4,5)6)13-11(18)12(10-7-8-10)19-9-20-13/h9-10H,7-8H2,1-6H3. The summed E-state index contributed by atoms with van der Waals surface area (Å²) in [6.45, 7) is 10.4. The number of nitrogens with zero attached hydrogens (tertiary/aromatic N) is 3. The Hall–Kier alpha value is -1.70. The average Bonchev–Trinajstić information content (AvgIpc) is 3.21. The topological polar surface area (TPSA) is 81.6 Å². The van der Waals surface area contributed by atoms with Crippen LogP contribution in [0.25, 0.3) is 0 Å². The van der Waals surface area contributed by atoms with Gasteiger partial charge in [0.1, 0.15) is 17.5 Å². The summed E-state index contributed by atoms with van der Waals surface area (Å²) in [5, 5.41) is 0. The second-order valence-corrected chi connectivity index (χ2v) is 8.76. The van der Waals surface area contributed by atoms with Crippen molar-refractivity contribution in [2.45, 2.75) is 71.5 Å². The fourth-order valence-corrected chi connectivity index (χ4v) is 2.74. The van der Waals surface area contributed by atoms with Crippen molar-refractivity contribution in [3.8, 4) is 0 Å². The van der Waals surface area contributed by atoms with E-state index in [1.807, 2.05) is 0 Å². The van der Waals surface area contributed by atoms with Crippen molar-refractivity contribution in [2.24, 2.45) is 0 Å². The molecule has 0 radical (unpaired) electrons. The lowest BCUT2D eigenvalue weighted by molar-refractivity contribution is 0.0428. The molecule has 0 saturated heterocycles. The summed E-state index contributed by atoms with van der Waals surface area (Å²) < 4.78 is 11.2. The lowest BCUT2D eigenvalue weighted by Crippen LogP contribution is -2.44. The summed E-state index contributed by atoms with van der Waals surface area (Å²) in [7, 11) is 0. The maximum Gasteiger partial charge on any atom is 0.425 e. The van der Waals surface area contributed by atoms with E-state index < -0.39 is 23.4 Å². The molecule has 1 aromatic heterocycles. The minimum atomic E-state index is -0.845. The quantitative estimate of drug-likeness (QED) is 0.692. The normalized spacial score (nSPS) is 14.8. The molecule has 1 aromatic rings. The van der Waals surface area contributed by atoms with E-state index in [0.29, 0.717) is 10.4 Å². The Bertz CT molecular complexity index is 647. The minimum absolute atomic E-state index is 0.125. The van der Waals surface area contributed by atoms with Gasteiger partial charge in [-0.05, 0) is 70.3 Å². The minimum Gasteiger partial charge on any atom is -0.443 e. The molecule has 1 heterocycles. The maximum atomic E-state index is 12.7. The third-order valence-electron chi connectivity index (χ3n) is 3.13. The number of imide groups is 1. The summed E-state index contributed by atoms with van der Waals surface area (Å²) in [4.78, 5) is 34.5. The molecule has 7 nitrogen and oxygen atoms in total. The number of halogens is 1. The zero-order chi connectivity index (χ0) is 19.0. The van der Waals surface area contributed by atoms with Gasteiger partial charge in [-0.1, -0.05) is 0 Å². The zero-order valence-electron chi connectivity index (χ0n) is 15.4. The Morgan fingerprint density at radius 3 is 1.92 bits per heavy atom. The van der Waals surface area contributed by atoms with Gasteiger partial charge in [-0.25, -0.2) is 19.6 Å². The molecule has 0 bridgehead atoms. The van der Waals surface area contributed by atoms with Crippen molar-refractivity contribution < 1.29 is 19.1 Å². The number of aromatic nitrogens is 2. The molecule has 2 rings (SSSR count). The van der Waals surface area contributed by atoms with Crippen LogP contribution in [0.2, 0.25) is 0 Å². The van der Waals surface area contributed by atoms with E-state index in [1.165, 1.54) is 6.33 Å². The molecule has 0 N–H and O–H groups in total. The van der Waals surface area contributed by atoms with Crippen LogP contribution < -0.4 is 4.90 Å².